The van der Waals surface area contributed by atoms with Crippen LogP contribution in [-0.2, 0) is 9.59 Å². The standard InChI is InChI=1S/C20H25N3O4/c1-12(2)18(25)22-10-8-14(9-11-22)21-17(24)13(3)23-19(26)15-6-4-5-7-16(15)20(23)27/h4-7,12-14H,8-11H2,1-3H3,(H,21,24). The topological polar surface area (TPSA) is 86.8 Å². The largest absolute Gasteiger partial charge is 0.351 e. The fourth-order valence-electron chi connectivity index (χ4n) is 3.61. The molecule has 7 nitrogen and oxygen atoms in total. The van der Waals surface area contributed by atoms with Crippen LogP contribution in [0.4, 0.5) is 0 Å². The molecule has 1 aromatic carbocycles. The van der Waals surface area contributed by atoms with Crippen LogP contribution >= 0.6 is 0 Å². The molecule has 7 heteroatoms. The van der Waals surface area contributed by atoms with Crippen molar-refractivity contribution in [1.82, 2.24) is 15.1 Å². The summed E-state index contributed by atoms with van der Waals surface area (Å²) in [5.41, 5.74) is 0.672. The minimum absolute atomic E-state index is 0.0370. The number of fused-ring (bicyclic) bond motifs is 1. The van der Waals surface area contributed by atoms with Crippen molar-refractivity contribution in [2.45, 2.75) is 45.7 Å². The highest BCUT2D eigenvalue weighted by molar-refractivity contribution is 6.22. The third-order valence-electron chi connectivity index (χ3n) is 5.24. The van der Waals surface area contributed by atoms with Crippen LogP contribution in [0.5, 0.6) is 0 Å². The first-order chi connectivity index (χ1) is 12.8. The van der Waals surface area contributed by atoms with E-state index >= 15 is 0 Å². The Morgan fingerprint density at radius 1 is 1.00 bits per heavy atom. The van der Waals surface area contributed by atoms with Gasteiger partial charge in [0.25, 0.3) is 11.8 Å². The highest BCUT2D eigenvalue weighted by atomic mass is 16.2. The molecule has 0 radical (unpaired) electrons. The van der Waals surface area contributed by atoms with Gasteiger partial charge < -0.3 is 10.2 Å². The molecule has 1 unspecified atom stereocenters. The van der Waals surface area contributed by atoms with E-state index in [1.165, 1.54) is 0 Å². The maximum Gasteiger partial charge on any atom is 0.262 e. The predicted octanol–water partition coefficient (Wildman–Crippen LogP) is 1.43. The zero-order valence-corrected chi connectivity index (χ0v) is 15.9. The van der Waals surface area contributed by atoms with Crippen molar-refractivity contribution in [3.05, 3.63) is 35.4 Å². The molecule has 2 aliphatic heterocycles. The Bertz CT molecular complexity index is 746. The fourth-order valence-corrected chi connectivity index (χ4v) is 3.61. The van der Waals surface area contributed by atoms with E-state index < -0.39 is 17.9 Å². The number of hydrogen-bond donors (Lipinski definition) is 1. The average Bonchev–Trinajstić information content (AvgIpc) is 2.92. The molecule has 1 atom stereocenters. The van der Waals surface area contributed by atoms with Gasteiger partial charge in [0.1, 0.15) is 6.04 Å². The van der Waals surface area contributed by atoms with Gasteiger partial charge in [-0.25, -0.2) is 0 Å². The van der Waals surface area contributed by atoms with Gasteiger partial charge in [0, 0.05) is 25.0 Å². The molecule has 27 heavy (non-hydrogen) atoms. The van der Waals surface area contributed by atoms with E-state index in [1.54, 1.807) is 31.2 Å². The second kappa shape index (κ2) is 7.50. The van der Waals surface area contributed by atoms with Gasteiger partial charge in [-0.3, -0.25) is 24.1 Å². The van der Waals surface area contributed by atoms with Crippen molar-refractivity contribution >= 4 is 23.6 Å². The van der Waals surface area contributed by atoms with E-state index in [9.17, 15) is 19.2 Å². The molecular weight excluding hydrogens is 346 g/mol. The Balaban J connectivity index is 1.59. The summed E-state index contributed by atoms with van der Waals surface area (Å²) in [4.78, 5) is 52.5. The van der Waals surface area contributed by atoms with Gasteiger partial charge in [-0.05, 0) is 31.9 Å². The van der Waals surface area contributed by atoms with Crippen molar-refractivity contribution < 1.29 is 19.2 Å². The van der Waals surface area contributed by atoms with Gasteiger partial charge in [-0.1, -0.05) is 26.0 Å². The van der Waals surface area contributed by atoms with E-state index in [1.807, 2.05) is 18.7 Å². The van der Waals surface area contributed by atoms with E-state index in [-0.39, 0.29) is 23.8 Å². The smallest absolute Gasteiger partial charge is 0.262 e. The molecule has 144 valence electrons. The first-order valence-electron chi connectivity index (χ1n) is 9.37. The van der Waals surface area contributed by atoms with Crippen molar-refractivity contribution in [3.8, 4) is 0 Å². The maximum atomic E-state index is 12.6. The van der Waals surface area contributed by atoms with Crippen molar-refractivity contribution in [1.29, 1.82) is 0 Å². The van der Waals surface area contributed by atoms with E-state index in [4.69, 9.17) is 0 Å². The Hall–Kier alpha value is -2.70. The SMILES string of the molecule is CC(C)C(=O)N1CCC(NC(=O)C(C)N2C(=O)c3ccccc3C2=O)CC1. The van der Waals surface area contributed by atoms with Gasteiger partial charge >= 0.3 is 0 Å². The first-order valence-corrected chi connectivity index (χ1v) is 9.37. The van der Waals surface area contributed by atoms with Gasteiger partial charge in [0.05, 0.1) is 11.1 Å². The summed E-state index contributed by atoms with van der Waals surface area (Å²) in [5.74, 6) is -1.13. The summed E-state index contributed by atoms with van der Waals surface area (Å²) in [6, 6.07) is 5.65. The van der Waals surface area contributed by atoms with Crippen molar-refractivity contribution in [3.63, 3.8) is 0 Å². The lowest BCUT2D eigenvalue weighted by Crippen LogP contribution is -2.53. The number of amides is 4. The zero-order valence-electron chi connectivity index (χ0n) is 15.9. The normalized spacial score (nSPS) is 18.7. The third-order valence-corrected chi connectivity index (χ3v) is 5.24. The van der Waals surface area contributed by atoms with Crippen LogP contribution in [0.25, 0.3) is 0 Å². The number of nitrogens with zero attached hydrogens (tertiary/aromatic N) is 2. The molecular formula is C20H25N3O4. The summed E-state index contributed by atoms with van der Waals surface area (Å²) >= 11 is 0. The molecule has 3 rings (SSSR count). The molecule has 2 aliphatic rings. The Morgan fingerprint density at radius 3 is 2.00 bits per heavy atom. The summed E-state index contributed by atoms with van der Waals surface area (Å²) in [5, 5.41) is 2.93. The van der Waals surface area contributed by atoms with Crippen LogP contribution in [0.1, 0.15) is 54.3 Å². The Kier molecular flexibility index (Phi) is 5.30. The summed E-state index contributed by atoms with van der Waals surface area (Å²) in [6.45, 7) is 6.51. The van der Waals surface area contributed by atoms with Crippen LogP contribution < -0.4 is 5.32 Å². The highest BCUT2D eigenvalue weighted by Gasteiger charge is 2.41. The summed E-state index contributed by atoms with van der Waals surface area (Å²) in [6.07, 6.45) is 1.33. The van der Waals surface area contributed by atoms with Crippen LogP contribution in [0, 0.1) is 5.92 Å². The molecule has 2 heterocycles. The minimum atomic E-state index is -0.882. The molecule has 1 N–H and O–H groups in total. The minimum Gasteiger partial charge on any atom is -0.351 e. The van der Waals surface area contributed by atoms with E-state index in [2.05, 4.69) is 5.32 Å². The lowest BCUT2D eigenvalue weighted by atomic mass is 10.0. The van der Waals surface area contributed by atoms with Crippen LogP contribution in [-0.4, -0.2) is 58.6 Å². The number of hydrogen-bond acceptors (Lipinski definition) is 4. The Morgan fingerprint density at radius 2 is 1.52 bits per heavy atom. The van der Waals surface area contributed by atoms with E-state index in [0.29, 0.717) is 37.1 Å². The lowest BCUT2D eigenvalue weighted by molar-refractivity contribution is -0.135. The van der Waals surface area contributed by atoms with Gasteiger partial charge in [-0.15, -0.1) is 0 Å². The van der Waals surface area contributed by atoms with Crippen molar-refractivity contribution in [2.75, 3.05) is 13.1 Å². The predicted molar refractivity (Wildman–Crippen MR) is 99.0 cm³/mol. The molecule has 0 aromatic heterocycles. The number of benzene rings is 1. The number of nitrogens with one attached hydrogen (secondary N) is 1. The van der Waals surface area contributed by atoms with Crippen LogP contribution in [0.3, 0.4) is 0 Å². The van der Waals surface area contributed by atoms with Crippen LogP contribution in [0.2, 0.25) is 0 Å². The van der Waals surface area contributed by atoms with Crippen molar-refractivity contribution in [2.24, 2.45) is 5.92 Å². The molecule has 0 aliphatic carbocycles. The quantitative estimate of drug-likeness (QED) is 0.812. The number of imide groups is 1. The number of piperidine rings is 1. The number of carbonyl (C=O) groups is 4. The highest BCUT2D eigenvalue weighted by Crippen LogP contribution is 2.24. The maximum absolute atomic E-state index is 12.6. The molecule has 1 aromatic rings. The molecule has 1 saturated heterocycles. The monoisotopic (exact) mass is 371 g/mol. The first kappa shape index (κ1) is 19.1. The van der Waals surface area contributed by atoms with Gasteiger partial charge in [0.15, 0.2) is 0 Å². The number of likely N-dealkylation sites (tertiary alicyclic amines) is 1. The van der Waals surface area contributed by atoms with Crippen LogP contribution in [0.15, 0.2) is 24.3 Å². The molecule has 0 saturated carbocycles. The molecule has 4 amide bonds. The average molecular weight is 371 g/mol. The van der Waals surface area contributed by atoms with E-state index in [0.717, 1.165) is 4.90 Å². The molecule has 0 spiro atoms. The fraction of sp³-hybridized carbons (Fsp3) is 0.500. The zero-order chi connectivity index (χ0) is 19.7. The molecule has 1 fully saturated rings. The molecule has 0 bridgehead atoms. The number of carbonyl (C=O) groups excluding carboxylic acids is 4. The lowest BCUT2D eigenvalue weighted by Gasteiger charge is -2.34. The third kappa shape index (κ3) is 3.59. The summed E-state index contributed by atoms with van der Waals surface area (Å²) in [7, 11) is 0. The summed E-state index contributed by atoms with van der Waals surface area (Å²) < 4.78 is 0. The van der Waals surface area contributed by atoms with Gasteiger partial charge in [-0.2, -0.15) is 0 Å². The van der Waals surface area contributed by atoms with Gasteiger partial charge in [0.2, 0.25) is 11.8 Å². The Labute approximate surface area is 158 Å². The number of rotatable bonds is 4. The second-order valence-electron chi connectivity index (χ2n) is 7.46. The second-order valence-corrected chi connectivity index (χ2v) is 7.46.